The van der Waals surface area contributed by atoms with E-state index in [9.17, 15) is 4.79 Å². The molecular formula is C16H23NO2. The minimum atomic E-state index is 0.0276. The lowest BCUT2D eigenvalue weighted by atomic mass is 10.1. The Morgan fingerprint density at radius 1 is 1.16 bits per heavy atom. The summed E-state index contributed by atoms with van der Waals surface area (Å²) in [4.78, 5) is 14.2. The van der Waals surface area contributed by atoms with Crippen molar-refractivity contribution >= 4 is 5.78 Å². The summed E-state index contributed by atoms with van der Waals surface area (Å²) in [5.74, 6) is 0.791. The fraction of sp³-hybridized carbons (Fsp3) is 0.438. The van der Waals surface area contributed by atoms with Crippen molar-refractivity contribution in [3.8, 4) is 5.75 Å². The summed E-state index contributed by atoms with van der Waals surface area (Å²) < 4.78 is 5.07. The highest BCUT2D eigenvalue weighted by Crippen LogP contribution is 2.12. The lowest BCUT2D eigenvalue weighted by Gasteiger charge is -2.18. The fourth-order valence-corrected chi connectivity index (χ4v) is 1.86. The van der Waals surface area contributed by atoms with Crippen molar-refractivity contribution in [1.82, 2.24) is 4.90 Å². The molecule has 0 radical (unpaired) electrons. The summed E-state index contributed by atoms with van der Waals surface area (Å²) >= 11 is 0. The Bertz CT molecular complexity index is 403. The molecule has 1 aromatic carbocycles. The Balaban J connectivity index is 2.65. The SMILES string of the molecule is CCCN(/C=C\C(=O)c1ccc(OC)cc1)CCC. The van der Waals surface area contributed by atoms with Crippen molar-refractivity contribution < 1.29 is 9.53 Å². The van der Waals surface area contributed by atoms with Crippen LogP contribution >= 0.6 is 0 Å². The minimum Gasteiger partial charge on any atom is -0.497 e. The topological polar surface area (TPSA) is 29.5 Å². The molecular weight excluding hydrogens is 238 g/mol. The van der Waals surface area contributed by atoms with E-state index in [0.717, 1.165) is 31.7 Å². The molecule has 3 nitrogen and oxygen atoms in total. The zero-order valence-corrected chi connectivity index (χ0v) is 12.1. The van der Waals surface area contributed by atoms with Crippen LogP contribution in [0.25, 0.3) is 0 Å². The third kappa shape index (κ3) is 5.16. The van der Waals surface area contributed by atoms with Crippen LogP contribution in [0, 0.1) is 0 Å². The summed E-state index contributed by atoms with van der Waals surface area (Å²) in [5, 5.41) is 0. The third-order valence-corrected chi connectivity index (χ3v) is 2.83. The predicted molar refractivity (Wildman–Crippen MR) is 78.6 cm³/mol. The monoisotopic (exact) mass is 261 g/mol. The molecule has 0 N–H and O–H groups in total. The first-order valence-corrected chi connectivity index (χ1v) is 6.81. The molecule has 0 aliphatic carbocycles. The highest BCUT2D eigenvalue weighted by atomic mass is 16.5. The second kappa shape index (κ2) is 8.35. The van der Waals surface area contributed by atoms with E-state index in [1.54, 1.807) is 37.5 Å². The molecule has 104 valence electrons. The number of ether oxygens (including phenoxy) is 1. The number of methoxy groups -OCH3 is 1. The quantitative estimate of drug-likeness (QED) is 0.530. The molecule has 0 unspecified atom stereocenters. The Kier molecular flexibility index (Phi) is 6.72. The van der Waals surface area contributed by atoms with Gasteiger partial charge in [-0.25, -0.2) is 0 Å². The van der Waals surface area contributed by atoms with Crippen molar-refractivity contribution in [2.75, 3.05) is 20.2 Å². The van der Waals surface area contributed by atoms with E-state index >= 15 is 0 Å². The minimum absolute atomic E-state index is 0.0276. The lowest BCUT2D eigenvalue weighted by Crippen LogP contribution is -2.19. The highest BCUT2D eigenvalue weighted by molar-refractivity contribution is 6.04. The Labute approximate surface area is 115 Å². The molecule has 0 amide bonds. The summed E-state index contributed by atoms with van der Waals surface area (Å²) in [6.45, 7) is 6.25. The van der Waals surface area contributed by atoms with Crippen LogP contribution in [-0.2, 0) is 0 Å². The first-order chi connectivity index (χ1) is 9.21. The number of carbonyl (C=O) groups is 1. The van der Waals surface area contributed by atoms with Crippen LogP contribution in [0.5, 0.6) is 5.75 Å². The maximum Gasteiger partial charge on any atom is 0.187 e. The summed E-state index contributed by atoms with van der Waals surface area (Å²) in [6.07, 6.45) is 5.72. The highest BCUT2D eigenvalue weighted by Gasteiger charge is 2.03. The van der Waals surface area contributed by atoms with Crippen LogP contribution in [0.3, 0.4) is 0 Å². The van der Waals surface area contributed by atoms with Crippen molar-refractivity contribution in [2.24, 2.45) is 0 Å². The van der Waals surface area contributed by atoms with Gasteiger partial charge in [0, 0.05) is 30.9 Å². The molecule has 1 aromatic rings. The molecule has 0 aromatic heterocycles. The van der Waals surface area contributed by atoms with Gasteiger partial charge in [0.2, 0.25) is 0 Å². The lowest BCUT2D eigenvalue weighted by molar-refractivity contribution is 0.104. The largest absolute Gasteiger partial charge is 0.497 e. The van der Waals surface area contributed by atoms with Gasteiger partial charge in [-0.05, 0) is 37.1 Å². The second-order valence-electron chi connectivity index (χ2n) is 4.44. The molecule has 0 saturated carbocycles. The molecule has 0 bridgehead atoms. The molecule has 0 saturated heterocycles. The van der Waals surface area contributed by atoms with Gasteiger partial charge in [0.25, 0.3) is 0 Å². The fourth-order valence-electron chi connectivity index (χ4n) is 1.86. The number of rotatable bonds is 8. The molecule has 0 spiro atoms. The summed E-state index contributed by atoms with van der Waals surface area (Å²) in [7, 11) is 1.62. The van der Waals surface area contributed by atoms with Crippen LogP contribution in [0.2, 0.25) is 0 Å². The van der Waals surface area contributed by atoms with Gasteiger partial charge >= 0.3 is 0 Å². The molecule has 1 rings (SSSR count). The standard InChI is InChI=1S/C16H23NO2/c1-4-11-17(12-5-2)13-10-16(18)14-6-8-15(19-3)9-7-14/h6-10,13H,4-5,11-12H2,1-3H3/b13-10-. The maximum atomic E-state index is 12.0. The molecule has 0 atom stereocenters. The number of nitrogens with zero attached hydrogens (tertiary/aromatic N) is 1. The van der Waals surface area contributed by atoms with Gasteiger partial charge in [-0.2, -0.15) is 0 Å². The number of ketones is 1. The average Bonchev–Trinajstić information content (AvgIpc) is 2.45. The van der Waals surface area contributed by atoms with E-state index < -0.39 is 0 Å². The summed E-state index contributed by atoms with van der Waals surface area (Å²) in [5.41, 5.74) is 0.685. The zero-order valence-electron chi connectivity index (χ0n) is 12.1. The van der Waals surface area contributed by atoms with Gasteiger partial charge in [-0.1, -0.05) is 13.8 Å². The Morgan fingerprint density at radius 2 is 1.74 bits per heavy atom. The van der Waals surface area contributed by atoms with E-state index in [1.165, 1.54) is 0 Å². The number of hydrogen-bond acceptors (Lipinski definition) is 3. The number of benzene rings is 1. The van der Waals surface area contributed by atoms with Crippen molar-refractivity contribution in [3.63, 3.8) is 0 Å². The summed E-state index contributed by atoms with van der Waals surface area (Å²) in [6, 6.07) is 7.18. The van der Waals surface area contributed by atoms with E-state index in [1.807, 2.05) is 6.20 Å². The van der Waals surface area contributed by atoms with Crippen molar-refractivity contribution in [3.05, 3.63) is 42.1 Å². The Morgan fingerprint density at radius 3 is 2.21 bits per heavy atom. The third-order valence-electron chi connectivity index (χ3n) is 2.83. The zero-order chi connectivity index (χ0) is 14.1. The van der Waals surface area contributed by atoms with E-state index in [0.29, 0.717) is 5.56 Å². The maximum absolute atomic E-state index is 12.0. The van der Waals surface area contributed by atoms with Gasteiger partial charge in [0.15, 0.2) is 5.78 Å². The van der Waals surface area contributed by atoms with E-state index in [4.69, 9.17) is 4.74 Å². The van der Waals surface area contributed by atoms with Gasteiger partial charge in [-0.3, -0.25) is 4.79 Å². The van der Waals surface area contributed by atoms with Crippen LogP contribution in [-0.4, -0.2) is 30.9 Å². The van der Waals surface area contributed by atoms with Crippen molar-refractivity contribution in [2.45, 2.75) is 26.7 Å². The van der Waals surface area contributed by atoms with E-state index in [-0.39, 0.29) is 5.78 Å². The normalized spacial score (nSPS) is 10.7. The number of hydrogen-bond donors (Lipinski definition) is 0. The van der Waals surface area contributed by atoms with Crippen molar-refractivity contribution in [1.29, 1.82) is 0 Å². The second-order valence-corrected chi connectivity index (χ2v) is 4.44. The Hall–Kier alpha value is -1.77. The number of carbonyl (C=O) groups excluding carboxylic acids is 1. The van der Waals surface area contributed by atoms with Gasteiger partial charge < -0.3 is 9.64 Å². The first kappa shape index (κ1) is 15.3. The molecule has 0 aliphatic heterocycles. The number of allylic oxidation sites excluding steroid dienone is 1. The molecule has 0 fully saturated rings. The van der Waals surface area contributed by atoms with Crippen LogP contribution in [0.15, 0.2) is 36.5 Å². The molecule has 0 heterocycles. The van der Waals surface area contributed by atoms with Crippen LogP contribution < -0.4 is 4.74 Å². The smallest absolute Gasteiger partial charge is 0.187 e. The molecule has 0 aliphatic rings. The van der Waals surface area contributed by atoms with E-state index in [2.05, 4.69) is 18.7 Å². The molecule has 19 heavy (non-hydrogen) atoms. The average molecular weight is 261 g/mol. The van der Waals surface area contributed by atoms with Gasteiger partial charge in [0.1, 0.15) is 5.75 Å². The van der Waals surface area contributed by atoms with Gasteiger partial charge in [-0.15, -0.1) is 0 Å². The predicted octanol–water partition coefficient (Wildman–Crippen LogP) is 3.51. The van der Waals surface area contributed by atoms with Crippen LogP contribution in [0.1, 0.15) is 37.0 Å². The van der Waals surface area contributed by atoms with Crippen LogP contribution in [0.4, 0.5) is 0 Å². The first-order valence-electron chi connectivity index (χ1n) is 6.81. The molecule has 3 heteroatoms. The van der Waals surface area contributed by atoms with Gasteiger partial charge in [0.05, 0.1) is 7.11 Å².